The maximum absolute atomic E-state index is 12.3. The number of carbonyl (C=O) groups excluding carboxylic acids is 2. The Hall–Kier alpha value is -3.39. The first-order valence-corrected chi connectivity index (χ1v) is 12.1. The van der Waals surface area contributed by atoms with Gasteiger partial charge in [-0.25, -0.2) is 4.79 Å². The van der Waals surface area contributed by atoms with Crippen molar-refractivity contribution in [3.05, 3.63) is 59.7 Å². The summed E-state index contributed by atoms with van der Waals surface area (Å²) in [7, 11) is 0. The van der Waals surface area contributed by atoms with Crippen LogP contribution in [0.2, 0.25) is 0 Å². The number of alkyl carbamates (subject to hydrolysis) is 1. The van der Waals surface area contributed by atoms with Crippen molar-refractivity contribution in [3.63, 3.8) is 0 Å². The molecule has 3 atom stereocenters. The molecule has 0 saturated carbocycles. The van der Waals surface area contributed by atoms with Gasteiger partial charge in [-0.05, 0) is 41.0 Å². The van der Waals surface area contributed by atoms with Gasteiger partial charge in [0.1, 0.15) is 6.61 Å². The van der Waals surface area contributed by atoms with Gasteiger partial charge >= 0.3 is 12.1 Å². The van der Waals surface area contributed by atoms with E-state index in [-0.39, 0.29) is 37.1 Å². The predicted octanol–water partition coefficient (Wildman–Crippen LogP) is 3.55. The van der Waals surface area contributed by atoms with Crippen LogP contribution in [0.4, 0.5) is 4.79 Å². The number of carbonyl (C=O) groups is 3. The average Bonchev–Trinajstić information content (AvgIpc) is 3.47. The number of nitrogens with one attached hydrogen (secondary N) is 2. The molecule has 1 aliphatic carbocycles. The number of benzene rings is 2. The molecule has 1 fully saturated rings. The van der Waals surface area contributed by atoms with Crippen LogP contribution in [0.25, 0.3) is 11.1 Å². The predicted molar refractivity (Wildman–Crippen MR) is 130 cm³/mol. The largest absolute Gasteiger partial charge is 0.481 e. The number of fused-ring (bicyclic) bond motifs is 3. The van der Waals surface area contributed by atoms with Crippen LogP contribution in [0.15, 0.2) is 48.5 Å². The number of ether oxygens (including phenoxy) is 2. The van der Waals surface area contributed by atoms with Crippen molar-refractivity contribution in [2.75, 3.05) is 26.3 Å². The fourth-order valence-corrected chi connectivity index (χ4v) is 4.72. The third-order valence-electron chi connectivity index (χ3n) is 6.76. The van der Waals surface area contributed by atoms with Crippen LogP contribution in [0.1, 0.15) is 43.2 Å². The molecule has 35 heavy (non-hydrogen) atoms. The van der Waals surface area contributed by atoms with Crippen molar-refractivity contribution in [2.24, 2.45) is 11.8 Å². The Bertz CT molecular complexity index is 1030. The molecule has 2 aliphatic rings. The van der Waals surface area contributed by atoms with Crippen molar-refractivity contribution in [3.8, 4) is 11.1 Å². The van der Waals surface area contributed by atoms with Gasteiger partial charge in [-0.3, -0.25) is 9.59 Å². The lowest BCUT2D eigenvalue weighted by Crippen LogP contribution is -2.33. The van der Waals surface area contributed by atoms with Crippen LogP contribution in [-0.4, -0.2) is 55.5 Å². The summed E-state index contributed by atoms with van der Waals surface area (Å²) in [4.78, 5) is 35.4. The summed E-state index contributed by atoms with van der Waals surface area (Å²) >= 11 is 0. The summed E-state index contributed by atoms with van der Waals surface area (Å²) in [6.45, 7) is 3.15. The molecule has 186 valence electrons. The van der Waals surface area contributed by atoms with E-state index in [0.29, 0.717) is 32.4 Å². The first-order chi connectivity index (χ1) is 16.9. The van der Waals surface area contributed by atoms with Crippen molar-refractivity contribution >= 4 is 18.0 Å². The van der Waals surface area contributed by atoms with Crippen molar-refractivity contribution in [1.82, 2.24) is 10.6 Å². The molecule has 2 amide bonds. The topological polar surface area (TPSA) is 114 Å². The molecule has 3 N–H and O–H groups in total. The van der Waals surface area contributed by atoms with Gasteiger partial charge in [0.25, 0.3) is 0 Å². The zero-order valence-corrected chi connectivity index (χ0v) is 19.9. The lowest BCUT2D eigenvalue weighted by atomic mass is 9.98. The molecule has 1 heterocycles. The van der Waals surface area contributed by atoms with Crippen LogP contribution in [0, 0.1) is 11.8 Å². The van der Waals surface area contributed by atoms with E-state index in [4.69, 9.17) is 14.6 Å². The second-order valence-electron chi connectivity index (χ2n) is 9.38. The minimum absolute atomic E-state index is 0.0175. The van der Waals surface area contributed by atoms with Gasteiger partial charge < -0.3 is 25.2 Å². The number of hydrogen-bond acceptors (Lipinski definition) is 5. The summed E-state index contributed by atoms with van der Waals surface area (Å²) in [6.07, 6.45) is 0.625. The number of amides is 2. The fraction of sp³-hybridized carbons (Fsp3) is 0.444. The van der Waals surface area contributed by atoms with Crippen LogP contribution in [0.3, 0.4) is 0 Å². The summed E-state index contributed by atoms with van der Waals surface area (Å²) in [5.74, 6) is -1.36. The molecule has 1 unspecified atom stereocenters. The molecule has 0 radical (unpaired) electrons. The van der Waals surface area contributed by atoms with Crippen LogP contribution in [-0.2, 0) is 19.1 Å². The lowest BCUT2D eigenvalue weighted by Gasteiger charge is -2.16. The van der Waals surface area contributed by atoms with E-state index < -0.39 is 18.0 Å². The highest BCUT2D eigenvalue weighted by Gasteiger charge is 2.31. The van der Waals surface area contributed by atoms with E-state index >= 15 is 0 Å². The summed E-state index contributed by atoms with van der Waals surface area (Å²) in [6, 6.07) is 16.4. The highest BCUT2D eigenvalue weighted by molar-refractivity contribution is 5.79. The average molecular weight is 481 g/mol. The van der Waals surface area contributed by atoms with Gasteiger partial charge in [0.05, 0.1) is 18.6 Å². The third kappa shape index (κ3) is 6.19. The maximum atomic E-state index is 12.3. The second kappa shape index (κ2) is 11.4. The quantitative estimate of drug-likeness (QED) is 0.479. The van der Waals surface area contributed by atoms with Gasteiger partial charge in [0.15, 0.2) is 0 Å². The van der Waals surface area contributed by atoms with Crippen LogP contribution >= 0.6 is 0 Å². The second-order valence-corrected chi connectivity index (χ2v) is 9.38. The van der Waals surface area contributed by atoms with Gasteiger partial charge in [0.2, 0.25) is 5.91 Å². The molecular formula is C27H32N2O6. The molecule has 2 aromatic carbocycles. The number of rotatable bonds is 10. The van der Waals surface area contributed by atoms with E-state index in [1.807, 2.05) is 31.2 Å². The molecule has 0 bridgehead atoms. The van der Waals surface area contributed by atoms with E-state index in [1.165, 1.54) is 22.3 Å². The zero-order valence-electron chi connectivity index (χ0n) is 19.9. The highest BCUT2D eigenvalue weighted by atomic mass is 16.5. The Morgan fingerprint density at radius 2 is 1.71 bits per heavy atom. The van der Waals surface area contributed by atoms with Crippen molar-refractivity contribution in [1.29, 1.82) is 0 Å². The van der Waals surface area contributed by atoms with Gasteiger partial charge in [-0.15, -0.1) is 0 Å². The van der Waals surface area contributed by atoms with Gasteiger partial charge in [0, 0.05) is 25.4 Å². The lowest BCUT2D eigenvalue weighted by molar-refractivity contribution is -0.141. The number of aliphatic carboxylic acids is 1. The normalized spacial score (nSPS) is 19.5. The molecule has 1 aliphatic heterocycles. The first-order valence-electron chi connectivity index (χ1n) is 12.1. The van der Waals surface area contributed by atoms with Gasteiger partial charge in [-0.1, -0.05) is 55.5 Å². The number of carboxylic acids is 1. The molecule has 2 aromatic rings. The number of carboxylic acid groups (broad SMARTS) is 1. The molecular weight excluding hydrogens is 448 g/mol. The Labute approximate surface area is 205 Å². The Morgan fingerprint density at radius 1 is 1.06 bits per heavy atom. The minimum atomic E-state index is -0.864. The van der Waals surface area contributed by atoms with E-state index in [1.54, 1.807) is 0 Å². The zero-order chi connectivity index (χ0) is 24.8. The summed E-state index contributed by atoms with van der Waals surface area (Å²) < 4.78 is 11.0. The molecule has 4 rings (SSSR count). The highest BCUT2D eigenvalue weighted by Crippen LogP contribution is 2.44. The molecule has 1 saturated heterocycles. The van der Waals surface area contributed by atoms with Crippen molar-refractivity contribution < 1.29 is 29.0 Å². The SMILES string of the molecule is CC(CCC(=O)NC[C@@H]1C[C@H](C(=O)O)CO1)CNC(=O)OCC1c2ccccc2-c2ccccc21. The van der Waals surface area contributed by atoms with E-state index in [0.717, 1.165) is 0 Å². The maximum Gasteiger partial charge on any atom is 0.407 e. The van der Waals surface area contributed by atoms with E-state index in [2.05, 4.69) is 34.9 Å². The van der Waals surface area contributed by atoms with Crippen molar-refractivity contribution in [2.45, 2.75) is 38.2 Å². The minimum Gasteiger partial charge on any atom is -0.481 e. The molecule has 8 heteroatoms. The van der Waals surface area contributed by atoms with Gasteiger partial charge in [-0.2, -0.15) is 0 Å². The summed E-state index contributed by atoms with van der Waals surface area (Å²) in [5, 5.41) is 14.6. The third-order valence-corrected chi connectivity index (χ3v) is 6.76. The molecule has 0 spiro atoms. The van der Waals surface area contributed by atoms with Crippen LogP contribution in [0.5, 0.6) is 0 Å². The Morgan fingerprint density at radius 3 is 2.34 bits per heavy atom. The Balaban J connectivity index is 1.14. The smallest absolute Gasteiger partial charge is 0.407 e. The number of hydrogen-bond donors (Lipinski definition) is 3. The standard InChI is InChI=1S/C27H32N2O6/c1-17(10-11-25(30)28-14-19-12-18(15-34-19)26(31)32)13-29-27(33)35-16-24-22-8-4-2-6-20(22)21-7-3-5-9-23(21)24/h2-9,17-19,24H,10-16H2,1H3,(H,28,30)(H,29,33)(H,31,32)/t17?,18-,19-/m0/s1. The molecule has 8 nitrogen and oxygen atoms in total. The summed E-state index contributed by atoms with van der Waals surface area (Å²) in [5.41, 5.74) is 4.71. The first kappa shape index (κ1) is 24.7. The molecule has 0 aromatic heterocycles. The monoisotopic (exact) mass is 480 g/mol. The fourth-order valence-electron chi connectivity index (χ4n) is 4.72. The Kier molecular flexibility index (Phi) is 8.02. The van der Waals surface area contributed by atoms with E-state index in [9.17, 15) is 14.4 Å². The van der Waals surface area contributed by atoms with Crippen LogP contribution < -0.4 is 10.6 Å².